The third-order valence-corrected chi connectivity index (χ3v) is 9.25. The molecule has 1 heterocycles. The van der Waals surface area contributed by atoms with E-state index in [1.165, 1.54) is 30.3 Å². The van der Waals surface area contributed by atoms with E-state index in [9.17, 15) is 13.2 Å². The van der Waals surface area contributed by atoms with Crippen LogP contribution in [0.25, 0.3) is 28.0 Å². The number of hydrogen-bond donors (Lipinski definition) is 0. The number of halogens is 3. The summed E-state index contributed by atoms with van der Waals surface area (Å²) >= 11 is 0. The first-order chi connectivity index (χ1) is 20.7. The fourth-order valence-electron chi connectivity index (χ4n) is 7.11. The minimum absolute atomic E-state index is 0.292. The van der Waals surface area contributed by atoms with E-state index in [0.717, 1.165) is 63.1 Å². The Bertz CT molecular complexity index is 1920. The predicted octanol–water partition coefficient (Wildman–Crippen LogP) is 9.76. The highest BCUT2D eigenvalue weighted by atomic mass is 19.1. The molecule has 0 spiro atoms. The number of ether oxygens (including phenoxy) is 1. The second kappa shape index (κ2) is 9.77. The van der Waals surface area contributed by atoms with Crippen LogP contribution in [0.2, 0.25) is 0 Å². The maximum atomic E-state index is 15.0. The van der Waals surface area contributed by atoms with Crippen molar-refractivity contribution in [1.29, 1.82) is 0 Å². The van der Waals surface area contributed by atoms with Crippen molar-refractivity contribution in [2.24, 2.45) is 0 Å². The lowest BCUT2D eigenvalue weighted by molar-refractivity contribution is 0.163. The molecule has 43 heavy (non-hydrogen) atoms. The average molecular weight is 576 g/mol. The molecule has 1 atom stereocenters. The van der Waals surface area contributed by atoms with Gasteiger partial charge in [-0.05, 0) is 96.1 Å². The summed E-state index contributed by atoms with van der Waals surface area (Å²) in [4.78, 5) is 2.27. The summed E-state index contributed by atoms with van der Waals surface area (Å²) in [5.41, 5.74) is 5.74. The summed E-state index contributed by atoms with van der Waals surface area (Å²) in [5.74, 6) is -0.457. The van der Waals surface area contributed by atoms with E-state index in [4.69, 9.17) is 4.74 Å². The normalized spacial score (nSPS) is 17.7. The molecule has 1 aliphatic heterocycles. The SMILES string of the molecule is CCN(CC)c1ccc(C2(c3ccc(F)cc3)C=Cc3c4c(c5ccc(F)cc5c3O2)-c2ccc(F)cc2C4(C)C)cc1. The lowest BCUT2D eigenvalue weighted by Crippen LogP contribution is -2.35. The van der Waals surface area contributed by atoms with E-state index in [1.54, 1.807) is 24.3 Å². The first-order valence-corrected chi connectivity index (χ1v) is 14.8. The van der Waals surface area contributed by atoms with Gasteiger partial charge in [-0.15, -0.1) is 0 Å². The van der Waals surface area contributed by atoms with Gasteiger partial charge < -0.3 is 9.64 Å². The van der Waals surface area contributed by atoms with Gasteiger partial charge in [0.15, 0.2) is 5.60 Å². The van der Waals surface area contributed by atoms with Gasteiger partial charge in [-0.3, -0.25) is 0 Å². The highest BCUT2D eigenvalue weighted by Gasteiger charge is 2.44. The van der Waals surface area contributed by atoms with Crippen LogP contribution in [-0.2, 0) is 11.0 Å². The maximum absolute atomic E-state index is 15.0. The van der Waals surface area contributed by atoms with Gasteiger partial charge >= 0.3 is 0 Å². The van der Waals surface area contributed by atoms with Crippen LogP contribution >= 0.6 is 0 Å². The van der Waals surface area contributed by atoms with Crippen LogP contribution in [0.4, 0.5) is 18.9 Å². The first kappa shape index (κ1) is 27.3. The molecule has 2 aliphatic rings. The van der Waals surface area contributed by atoms with Crippen LogP contribution in [0, 0.1) is 17.5 Å². The second-order valence-electron chi connectivity index (χ2n) is 11.9. The molecule has 1 unspecified atom stereocenters. The van der Waals surface area contributed by atoms with Gasteiger partial charge in [-0.1, -0.05) is 56.3 Å². The highest BCUT2D eigenvalue weighted by Crippen LogP contribution is 2.58. The van der Waals surface area contributed by atoms with Crippen molar-refractivity contribution < 1.29 is 17.9 Å². The summed E-state index contributed by atoms with van der Waals surface area (Å²) in [6, 6.07) is 24.3. The molecule has 0 saturated carbocycles. The number of nitrogens with zero attached hydrogens (tertiary/aromatic N) is 1. The van der Waals surface area contributed by atoms with Gasteiger partial charge in [0.1, 0.15) is 23.2 Å². The summed E-state index contributed by atoms with van der Waals surface area (Å²) in [5, 5.41) is 1.48. The zero-order chi connectivity index (χ0) is 30.1. The topological polar surface area (TPSA) is 12.5 Å². The number of rotatable bonds is 5. The van der Waals surface area contributed by atoms with E-state index in [1.807, 2.05) is 30.4 Å². The van der Waals surface area contributed by atoms with Crippen molar-refractivity contribution in [2.75, 3.05) is 18.0 Å². The van der Waals surface area contributed by atoms with Crippen LogP contribution < -0.4 is 9.64 Å². The van der Waals surface area contributed by atoms with Gasteiger partial charge in [0.05, 0.1) is 0 Å². The van der Waals surface area contributed by atoms with E-state index in [-0.39, 0.29) is 17.5 Å². The molecule has 5 aromatic rings. The quantitative estimate of drug-likeness (QED) is 0.207. The Balaban J connectivity index is 1.51. The zero-order valence-corrected chi connectivity index (χ0v) is 24.6. The number of fused-ring (bicyclic) bond motifs is 8. The molecule has 0 radical (unpaired) electrons. The van der Waals surface area contributed by atoms with Gasteiger partial charge in [-0.2, -0.15) is 0 Å². The van der Waals surface area contributed by atoms with Crippen LogP contribution in [0.3, 0.4) is 0 Å². The van der Waals surface area contributed by atoms with Crippen LogP contribution in [-0.4, -0.2) is 13.1 Å². The molecule has 1 aliphatic carbocycles. The Hall–Kier alpha value is -4.51. The van der Waals surface area contributed by atoms with E-state index in [0.29, 0.717) is 11.1 Å². The van der Waals surface area contributed by atoms with Gasteiger partial charge in [0.2, 0.25) is 0 Å². The molecule has 0 N–H and O–H groups in total. The van der Waals surface area contributed by atoms with Crippen molar-refractivity contribution in [3.63, 3.8) is 0 Å². The van der Waals surface area contributed by atoms with E-state index < -0.39 is 11.0 Å². The fraction of sp³-hybridized carbons (Fsp3) is 0.211. The molecule has 216 valence electrons. The van der Waals surface area contributed by atoms with E-state index >= 15 is 0 Å². The highest BCUT2D eigenvalue weighted by molar-refractivity contribution is 6.08. The second-order valence-corrected chi connectivity index (χ2v) is 11.9. The third-order valence-electron chi connectivity index (χ3n) is 9.25. The standard InChI is InChI=1S/C38H32F3NO/c1-5-42(6-2)28-15-9-24(10-16-28)38(23-7-11-25(39)12-8-23)20-19-31-35-34(29-17-13-26(40)21-32(29)36(31)43-38)30-18-14-27(41)22-33(30)37(35,3)4/h7-22H,5-6H2,1-4H3. The van der Waals surface area contributed by atoms with Gasteiger partial charge in [0, 0.05) is 46.3 Å². The van der Waals surface area contributed by atoms with E-state index in [2.05, 4.69) is 44.7 Å². The first-order valence-electron chi connectivity index (χ1n) is 14.8. The van der Waals surface area contributed by atoms with Gasteiger partial charge in [-0.25, -0.2) is 13.2 Å². The zero-order valence-electron chi connectivity index (χ0n) is 24.6. The Morgan fingerprint density at radius 2 is 1.30 bits per heavy atom. The third kappa shape index (κ3) is 4.01. The van der Waals surface area contributed by atoms with Crippen molar-refractivity contribution in [1.82, 2.24) is 0 Å². The van der Waals surface area contributed by atoms with Crippen molar-refractivity contribution in [2.45, 2.75) is 38.7 Å². The summed E-state index contributed by atoms with van der Waals surface area (Å²) in [6.07, 6.45) is 4.06. The maximum Gasteiger partial charge on any atom is 0.178 e. The summed E-state index contributed by atoms with van der Waals surface area (Å²) in [6.45, 7) is 10.2. The average Bonchev–Trinajstić information content (AvgIpc) is 3.24. The molecule has 0 saturated heterocycles. The Morgan fingerprint density at radius 1 is 0.698 bits per heavy atom. The fourth-order valence-corrected chi connectivity index (χ4v) is 7.11. The predicted molar refractivity (Wildman–Crippen MR) is 168 cm³/mol. The van der Waals surface area contributed by atoms with Gasteiger partial charge in [0.25, 0.3) is 0 Å². The van der Waals surface area contributed by atoms with Crippen LogP contribution in [0.5, 0.6) is 5.75 Å². The smallest absolute Gasteiger partial charge is 0.178 e. The Labute approximate surface area is 250 Å². The molecule has 0 aromatic heterocycles. The lowest BCUT2D eigenvalue weighted by atomic mass is 9.76. The molecule has 0 fully saturated rings. The molecular weight excluding hydrogens is 543 g/mol. The Kier molecular flexibility index (Phi) is 6.21. The molecule has 0 amide bonds. The molecule has 2 nitrogen and oxygen atoms in total. The molecular formula is C38H32F3NO. The lowest BCUT2D eigenvalue weighted by Gasteiger charge is -2.38. The Morgan fingerprint density at radius 3 is 1.98 bits per heavy atom. The van der Waals surface area contributed by atoms with Crippen LogP contribution in [0.15, 0.2) is 91.0 Å². The van der Waals surface area contributed by atoms with Crippen molar-refractivity contribution in [3.05, 3.63) is 136 Å². The van der Waals surface area contributed by atoms with Crippen molar-refractivity contribution in [3.8, 4) is 16.9 Å². The molecule has 5 heteroatoms. The monoisotopic (exact) mass is 575 g/mol. The number of benzene rings is 5. The minimum atomic E-state index is -1.10. The number of anilines is 1. The molecule has 7 rings (SSSR count). The summed E-state index contributed by atoms with van der Waals surface area (Å²) in [7, 11) is 0. The number of hydrogen-bond acceptors (Lipinski definition) is 2. The van der Waals surface area contributed by atoms with Crippen LogP contribution in [0.1, 0.15) is 55.5 Å². The largest absolute Gasteiger partial charge is 0.472 e. The summed E-state index contributed by atoms with van der Waals surface area (Å²) < 4.78 is 50.8. The van der Waals surface area contributed by atoms with Crippen molar-refractivity contribution >= 4 is 22.5 Å². The molecule has 5 aromatic carbocycles. The minimum Gasteiger partial charge on any atom is -0.472 e. The molecule has 0 bridgehead atoms.